The molecule has 7 heteroatoms. The summed E-state index contributed by atoms with van der Waals surface area (Å²) in [5, 5.41) is 1.93. The number of carbonyl (C=O) groups is 3. The molecule has 0 aliphatic heterocycles. The van der Waals surface area contributed by atoms with Crippen LogP contribution in [-0.2, 0) is 16.1 Å². The fraction of sp³-hybridized carbons (Fsp3) is 0.250. The summed E-state index contributed by atoms with van der Waals surface area (Å²) >= 11 is 0. The van der Waals surface area contributed by atoms with Gasteiger partial charge in [0.05, 0.1) is 0 Å². The van der Waals surface area contributed by atoms with E-state index < -0.39 is 24.0 Å². The molecule has 0 fully saturated rings. The average molecular weight is 370 g/mol. The normalized spacial score (nSPS) is 11.5. The predicted molar refractivity (Wildman–Crippen MR) is 99.0 cm³/mol. The average Bonchev–Trinajstić information content (AvgIpc) is 2.64. The summed E-state index contributed by atoms with van der Waals surface area (Å²) in [6.45, 7) is 3.66. The Morgan fingerprint density at radius 1 is 1.00 bits per heavy atom. The Morgan fingerprint density at radius 3 is 2.26 bits per heavy atom. The molecule has 0 radical (unpaired) electrons. The van der Waals surface area contributed by atoms with Gasteiger partial charge in [-0.05, 0) is 23.6 Å². The summed E-state index contributed by atoms with van der Waals surface area (Å²) in [5.74, 6) is -1.51. The van der Waals surface area contributed by atoms with Gasteiger partial charge < -0.3 is 15.2 Å². The van der Waals surface area contributed by atoms with Crippen LogP contribution in [0.1, 0.15) is 29.8 Å². The molecule has 0 bridgehead atoms. The van der Waals surface area contributed by atoms with Crippen molar-refractivity contribution in [3.05, 3.63) is 65.7 Å². The third-order valence-electron chi connectivity index (χ3n) is 3.69. The largest absolute Gasteiger partial charge is 0.488 e. The van der Waals surface area contributed by atoms with Gasteiger partial charge in [-0.1, -0.05) is 56.3 Å². The lowest BCUT2D eigenvalue weighted by atomic mass is 10.1. The fourth-order valence-corrected chi connectivity index (χ4v) is 2.36. The van der Waals surface area contributed by atoms with Gasteiger partial charge in [0.1, 0.15) is 17.9 Å². The summed E-state index contributed by atoms with van der Waals surface area (Å²) in [5.41, 5.74) is 6.09. The van der Waals surface area contributed by atoms with Gasteiger partial charge in [0.15, 0.2) is 6.10 Å². The number of urea groups is 1. The van der Waals surface area contributed by atoms with Gasteiger partial charge >= 0.3 is 12.0 Å². The number of esters is 1. The molecule has 3 N–H and O–H groups in total. The van der Waals surface area contributed by atoms with Crippen LogP contribution in [0.5, 0.6) is 5.75 Å². The third-order valence-corrected chi connectivity index (χ3v) is 3.69. The van der Waals surface area contributed by atoms with E-state index in [0.29, 0.717) is 5.75 Å². The lowest BCUT2D eigenvalue weighted by Crippen LogP contribution is -2.45. The van der Waals surface area contributed by atoms with Gasteiger partial charge in [0, 0.05) is 0 Å². The van der Waals surface area contributed by atoms with Crippen molar-refractivity contribution in [1.82, 2.24) is 5.32 Å². The number of rotatable bonds is 7. The van der Waals surface area contributed by atoms with Crippen LogP contribution in [0.3, 0.4) is 0 Å². The zero-order valence-corrected chi connectivity index (χ0v) is 15.2. The molecule has 0 aromatic heterocycles. The van der Waals surface area contributed by atoms with E-state index in [2.05, 4.69) is 0 Å². The van der Waals surface area contributed by atoms with Crippen LogP contribution < -0.4 is 15.8 Å². The second kappa shape index (κ2) is 9.38. The highest BCUT2D eigenvalue weighted by molar-refractivity contribution is 5.99. The van der Waals surface area contributed by atoms with Crippen molar-refractivity contribution in [3.8, 4) is 5.75 Å². The highest BCUT2D eigenvalue weighted by atomic mass is 16.6. The van der Waals surface area contributed by atoms with Gasteiger partial charge in [-0.15, -0.1) is 0 Å². The Morgan fingerprint density at radius 2 is 1.63 bits per heavy atom. The first-order chi connectivity index (χ1) is 12.9. The minimum Gasteiger partial charge on any atom is -0.488 e. The van der Waals surface area contributed by atoms with Gasteiger partial charge in [-0.2, -0.15) is 0 Å². The van der Waals surface area contributed by atoms with E-state index in [1.54, 1.807) is 38.1 Å². The van der Waals surface area contributed by atoms with E-state index >= 15 is 0 Å². The predicted octanol–water partition coefficient (Wildman–Crippen LogP) is 2.64. The van der Waals surface area contributed by atoms with Crippen molar-refractivity contribution in [2.75, 3.05) is 0 Å². The minimum atomic E-state index is -1.16. The molecule has 7 nitrogen and oxygen atoms in total. The van der Waals surface area contributed by atoms with Crippen molar-refractivity contribution in [2.24, 2.45) is 11.7 Å². The van der Waals surface area contributed by atoms with Crippen LogP contribution in [0.4, 0.5) is 4.79 Å². The molecule has 0 saturated heterocycles. The van der Waals surface area contributed by atoms with E-state index in [9.17, 15) is 14.4 Å². The van der Waals surface area contributed by atoms with E-state index in [4.69, 9.17) is 15.2 Å². The van der Waals surface area contributed by atoms with E-state index in [-0.39, 0.29) is 18.1 Å². The SMILES string of the molecule is CC(C)[C@@H](OC(=O)c1ccccc1OCc1ccccc1)C(=O)NC(N)=O. The van der Waals surface area contributed by atoms with Crippen molar-refractivity contribution in [1.29, 1.82) is 0 Å². The van der Waals surface area contributed by atoms with E-state index in [1.807, 2.05) is 35.6 Å². The molecular weight excluding hydrogens is 348 g/mol. The number of benzene rings is 2. The quantitative estimate of drug-likeness (QED) is 0.729. The molecule has 0 heterocycles. The van der Waals surface area contributed by atoms with E-state index in [0.717, 1.165) is 5.56 Å². The van der Waals surface area contributed by atoms with Crippen molar-refractivity contribution in [2.45, 2.75) is 26.6 Å². The second-order valence-corrected chi connectivity index (χ2v) is 6.19. The maximum atomic E-state index is 12.6. The Kier molecular flexibility index (Phi) is 6.93. The lowest BCUT2D eigenvalue weighted by molar-refractivity contribution is -0.130. The standard InChI is InChI=1S/C20H22N2O5/c1-13(2)17(18(23)22-20(21)25)27-19(24)15-10-6-7-11-16(15)26-12-14-8-4-3-5-9-14/h3-11,13,17H,12H2,1-2H3,(H3,21,22,23,25)/t17-/m1/s1. The molecule has 0 aliphatic rings. The number of ether oxygens (including phenoxy) is 2. The highest BCUT2D eigenvalue weighted by Gasteiger charge is 2.28. The van der Waals surface area contributed by atoms with Crippen LogP contribution in [0.25, 0.3) is 0 Å². The molecule has 27 heavy (non-hydrogen) atoms. The molecule has 2 aromatic carbocycles. The van der Waals surface area contributed by atoms with Gasteiger partial charge in [-0.3, -0.25) is 10.1 Å². The fourth-order valence-electron chi connectivity index (χ4n) is 2.36. The Labute approximate surface area is 157 Å². The highest BCUT2D eigenvalue weighted by Crippen LogP contribution is 2.22. The monoisotopic (exact) mass is 370 g/mol. The number of hydrogen-bond donors (Lipinski definition) is 2. The Bertz CT molecular complexity index is 805. The summed E-state index contributed by atoms with van der Waals surface area (Å²) in [7, 11) is 0. The smallest absolute Gasteiger partial charge is 0.342 e. The van der Waals surface area contributed by atoms with Crippen molar-refractivity contribution < 1.29 is 23.9 Å². The molecule has 2 aromatic rings. The summed E-state index contributed by atoms with van der Waals surface area (Å²) in [6.07, 6.45) is -1.16. The molecule has 0 unspecified atom stereocenters. The first-order valence-corrected chi connectivity index (χ1v) is 8.45. The molecule has 1 atom stereocenters. The molecule has 0 aliphatic carbocycles. The van der Waals surface area contributed by atoms with Gasteiger partial charge in [-0.25, -0.2) is 9.59 Å². The number of nitrogens with two attached hydrogens (primary N) is 1. The molecule has 142 valence electrons. The maximum Gasteiger partial charge on any atom is 0.342 e. The van der Waals surface area contributed by atoms with Crippen LogP contribution in [0.15, 0.2) is 54.6 Å². The van der Waals surface area contributed by atoms with Crippen LogP contribution >= 0.6 is 0 Å². The minimum absolute atomic E-state index is 0.186. The summed E-state index contributed by atoms with van der Waals surface area (Å²) in [6, 6.07) is 15.1. The number of hydrogen-bond acceptors (Lipinski definition) is 5. The molecule has 3 amide bonds. The molecule has 2 rings (SSSR count). The summed E-state index contributed by atoms with van der Waals surface area (Å²) < 4.78 is 11.1. The topological polar surface area (TPSA) is 108 Å². The van der Waals surface area contributed by atoms with Crippen LogP contribution in [-0.4, -0.2) is 24.0 Å². The molecule has 0 saturated carbocycles. The van der Waals surface area contributed by atoms with Gasteiger partial charge in [0.2, 0.25) is 0 Å². The van der Waals surface area contributed by atoms with Crippen molar-refractivity contribution in [3.63, 3.8) is 0 Å². The number of imide groups is 1. The van der Waals surface area contributed by atoms with Crippen LogP contribution in [0.2, 0.25) is 0 Å². The van der Waals surface area contributed by atoms with Gasteiger partial charge in [0.25, 0.3) is 5.91 Å². The number of carbonyl (C=O) groups excluding carboxylic acids is 3. The zero-order chi connectivity index (χ0) is 19.8. The maximum absolute atomic E-state index is 12.6. The number of nitrogens with one attached hydrogen (secondary N) is 1. The second-order valence-electron chi connectivity index (χ2n) is 6.19. The number of amides is 3. The Hall–Kier alpha value is -3.35. The van der Waals surface area contributed by atoms with E-state index in [1.165, 1.54) is 0 Å². The number of primary amides is 1. The third kappa shape index (κ3) is 5.85. The molecule has 0 spiro atoms. The van der Waals surface area contributed by atoms with Crippen LogP contribution in [0, 0.1) is 5.92 Å². The first-order valence-electron chi connectivity index (χ1n) is 8.45. The zero-order valence-electron chi connectivity index (χ0n) is 15.2. The summed E-state index contributed by atoms with van der Waals surface area (Å²) in [4.78, 5) is 35.5. The lowest BCUT2D eigenvalue weighted by Gasteiger charge is -2.20. The first kappa shape index (κ1) is 20.0. The molecular formula is C20H22N2O5. The number of para-hydroxylation sites is 1. The Balaban J connectivity index is 2.13. The van der Waals surface area contributed by atoms with Crippen molar-refractivity contribution >= 4 is 17.9 Å².